The van der Waals surface area contributed by atoms with E-state index in [0.29, 0.717) is 0 Å². The van der Waals surface area contributed by atoms with Crippen LogP contribution in [0.15, 0.2) is 0 Å². The van der Waals surface area contributed by atoms with Crippen molar-refractivity contribution in [2.75, 3.05) is 13.1 Å². The van der Waals surface area contributed by atoms with E-state index in [1.54, 1.807) is 13.8 Å². The lowest BCUT2D eigenvalue weighted by molar-refractivity contribution is -0.136. The van der Waals surface area contributed by atoms with Gasteiger partial charge in [-0.1, -0.05) is 13.8 Å². The van der Waals surface area contributed by atoms with E-state index in [1.165, 1.54) is 0 Å². The fraction of sp³-hybridized carbons (Fsp3) is 0.700. The van der Waals surface area contributed by atoms with Gasteiger partial charge in [-0.05, 0) is 5.92 Å². The summed E-state index contributed by atoms with van der Waals surface area (Å²) in [6.07, 6.45) is 0.0650. The minimum Gasteiger partial charge on any atom is -0.480 e. The summed E-state index contributed by atoms with van der Waals surface area (Å²) in [4.78, 5) is 32.5. The highest BCUT2D eigenvalue weighted by Gasteiger charge is 2.21. The molecule has 0 radical (unpaired) electrons. The number of carbonyl (C=O) groups is 3. The second-order valence-corrected chi connectivity index (χ2v) is 4.00. The number of amides is 2. The lowest BCUT2D eigenvalue weighted by Crippen LogP contribution is -2.49. The van der Waals surface area contributed by atoms with Crippen LogP contribution in [0.3, 0.4) is 0 Å². The zero-order valence-electron chi connectivity index (χ0n) is 10.0. The molecule has 0 aliphatic rings. The quantitative estimate of drug-likeness (QED) is 0.422. The molecule has 5 N–H and O–H groups in total. The third-order valence-electron chi connectivity index (χ3n) is 2.09. The van der Waals surface area contributed by atoms with Crippen LogP contribution in [0.2, 0.25) is 0 Å². The van der Waals surface area contributed by atoms with Gasteiger partial charge >= 0.3 is 5.97 Å². The monoisotopic (exact) mass is 245 g/mol. The summed E-state index contributed by atoms with van der Waals surface area (Å²) in [5, 5.41) is 13.7. The van der Waals surface area contributed by atoms with Crippen molar-refractivity contribution < 1.29 is 19.5 Å². The van der Waals surface area contributed by atoms with Crippen molar-refractivity contribution in [2.24, 2.45) is 11.7 Å². The number of carboxylic acid groups (broad SMARTS) is 1. The van der Waals surface area contributed by atoms with E-state index in [1.807, 2.05) is 0 Å². The number of nitrogens with one attached hydrogen (secondary N) is 2. The predicted molar refractivity (Wildman–Crippen MR) is 61.1 cm³/mol. The minimum atomic E-state index is -1.03. The van der Waals surface area contributed by atoms with Crippen LogP contribution >= 0.6 is 0 Å². The minimum absolute atomic E-state index is 0.0528. The largest absolute Gasteiger partial charge is 0.480 e. The maximum Gasteiger partial charge on any atom is 0.317 e. The highest BCUT2D eigenvalue weighted by Crippen LogP contribution is 2.01. The molecule has 0 rings (SSSR count). The van der Waals surface area contributed by atoms with Gasteiger partial charge in [-0.3, -0.25) is 19.7 Å². The van der Waals surface area contributed by atoms with Gasteiger partial charge in [0, 0.05) is 13.0 Å². The summed E-state index contributed by atoms with van der Waals surface area (Å²) >= 11 is 0. The second-order valence-electron chi connectivity index (χ2n) is 4.00. The summed E-state index contributed by atoms with van der Waals surface area (Å²) in [6.45, 7) is 3.47. The molecule has 17 heavy (non-hydrogen) atoms. The Hall–Kier alpha value is -1.63. The van der Waals surface area contributed by atoms with Crippen LogP contribution < -0.4 is 16.4 Å². The van der Waals surface area contributed by atoms with E-state index in [-0.39, 0.29) is 31.3 Å². The van der Waals surface area contributed by atoms with Crippen molar-refractivity contribution >= 4 is 17.8 Å². The van der Waals surface area contributed by atoms with Crippen molar-refractivity contribution in [3.05, 3.63) is 0 Å². The fourth-order valence-electron chi connectivity index (χ4n) is 1.25. The lowest BCUT2D eigenvalue weighted by Gasteiger charge is -2.20. The van der Waals surface area contributed by atoms with Gasteiger partial charge in [0.25, 0.3) is 0 Å². The molecule has 2 amide bonds. The first-order chi connectivity index (χ1) is 7.84. The fourth-order valence-corrected chi connectivity index (χ4v) is 1.25. The maximum absolute atomic E-state index is 11.7. The molecule has 0 saturated heterocycles. The van der Waals surface area contributed by atoms with Gasteiger partial charge in [-0.2, -0.15) is 0 Å². The van der Waals surface area contributed by atoms with Crippen molar-refractivity contribution in [3.8, 4) is 0 Å². The SMILES string of the molecule is CC(C)[C@H](NCC(=O)O)C(=O)NCCC(N)=O. The Kier molecular flexibility index (Phi) is 6.88. The van der Waals surface area contributed by atoms with Crippen molar-refractivity contribution in [3.63, 3.8) is 0 Å². The molecule has 0 aromatic rings. The topological polar surface area (TPSA) is 122 Å². The molecule has 0 aliphatic heterocycles. The van der Waals surface area contributed by atoms with Crippen LogP contribution in [0.25, 0.3) is 0 Å². The average Bonchev–Trinajstić information content (AvgIpc) is 2.16. The third-order valence-corrected chi connectivity index (χ3v) is 2.09. The van der Waals surface area contributed by atoms with E-state index in [9.17, 15) is 14.4 Å². The molecular weight excluding hydrogens is 226 g/mol. The Balaban J connectivity index is 4.15. The normalized spacial score (nSPS) is 12.2. The van der Waals surface area contributed by atoms with E-state index in [2.05, 4.69) is 10.6 Å². The summed E-state index contributed by atoms with van der Waals surface area (Å²) in [7, 11) is 0. The van der Waals surface area contributed by atoms with Crippen molar-refractivity contribution in [1.29, 1.82) is 0 Å². The number of primary amides is 1. The second kappa shape index (κ2) is 7.61. The first kappa shape index (κ1) is 15.4. The van der Waals surface area contributed by atoms with Gasteiger partial charge in [-0.25, -0.2) is 0 Å². The standard InChI is InChI=1S/C10H19N3O4/c1-6(2)9(13-5-8(15)16)10(17)12-4-3-7(11)14/h6,9,13H,3-5H2,1-2H3,(H2,11,14)(H,12,17)(H,15,16)/t9-/m0/s1. The van der Waals surface area contributed by atoms with Crippen LogP contribution in [0.4, 0.5) is 0 Å². The molecule has 98 valence electrons. The molecule has 0 aromatic heterocycles. The van der Waals surface area contributed by atoms with E-state index >= 15 is 0 Å². The molecule has 0 aromatic carbocycles. The Morgan fingerprint density at radius 3 is 2.29 bits per heavy atom. The van der Waals surface area contributed by atoms with Gasteiger partial charge in [0.2, 0.25) is 11.8 Å². The Morgan fingerprint density at radius 2 is 1.88 bits per heavy atom. The molecule has 0 unspecified atom stereocenters. The number of hydrogen-bond donors (Lipinski definition) is 4. The molecular formula is C10H19N3O4. The van der Waals surface area contributed by atoms with E-state index in [0.717, 1.165) is 0 Å². The molecule has 7 nitrogen and oxygen atoms in total. The Bertz CT molecular complexity index is 291. The van der Waals surface area contributed by atoms with Crippen molar-refractivity contribution in [1.82, 2.24) is 10.6 Å². The van der Waals surface area contributed by atoms with Crippen LogP contribution in [0, 0.1) is 5.92 Å². The maximum atomic E-state index is 11.7. The summed E-state index contributed by atoms with van der Waals surface area (Å²) < 4.78 is 0. The Labute approximate surface area is 99.7 Å². The van der Waals surface area contributed by atoms with Gasteiger partial charge < -0.3 is 16.2 Å². The molecule has 0 saturated carbocycles. The summed E-state index contributed by atoms with van der Waals surface area (Å²) in [5.41, 5.74) is 4.93. The highest BCUT2D eigenvalue weighted by molar-refractivity contribution is 5.83. The average molecular weight is 245 g/mol. The van der Waals surface area contributed by atoms with Gasteiger partial charge in [0.05, 0.1) is 12.6 Å². The summed E-state index contributed by atoms with van der Waals surface area (Å²) in [5.74, 6) is -1.91. The van der Waals surface area contributed by atoms with Crippen LogP contribution in [-0.2, 0) is 14.4 Å². The van der Waals surface area contributed by atoms with E-state index < -0.39 is 17.9 Å². The van der Waals surface area contributed by atoms with Gasteiger partial charge in [0.15, 0.2) is 0 Å². The molecule has 0 heterocycles. The highest BCUT2D eigenvalue weighted by atomic mass is 16.4. The molecule has 0 spiro atoms. The summed E-state index contributed by atoms with van der Waals surface area (Å²) in [6, 6.07) is -0.598. The third kappa shape index (κ3) is 7.29. The predicted octanol–water partition coefficient (Wildman–Crippen LogP) is -1.32. The number of carboxylic acids is 1. The van der Waals surface area contributed by atoms with Gasteiger partial charge in [-0.15, -0.1) is 0 Å². The Morgan fingerprint density at radius 1 is 1.29 bits per heavy atom. The molecule has 1 atom stereocenters. The molecule has 0 bridgehead atoms. The van der Waals surface area contributed by atoms with Crippen LogP contribution in [0.1, 0.15) is 20.3 Å². The van der Waals surface area contributed by atoms with E-state index in [4.69, 9.17) is 10.8 Å². The molecule has 0 fully saturated rings. The number of aliphatic carboxylic acids is 1. The number of rotatable bonds is 8. The van der Waals surface area contributed by atoms with Gasteiger partial charge in [0.1, 0.15) is 0 Å². The number of hydrogen-bond acceptors (Lipinski definition) is 4. The zero-order chi connectivity index (χ0) is 13.4. The van der Waals surface area contributed by atoms with Crippen LogP contribution in [-0.4, -0.2) is 42.0 Å². The number of carbonyl (C=O) groups excluding carboxylic acids is 2. The number of nitrogens with two attached hydrogens (primary N) is 1. The smallest absolute Gasteiger partial charge is 0.317 e. The van der Waals surface area contributed by atoms with Crippen LogP contribution in [0.5, 0.6) is 0 Å². The molecule has 7 heteroatoms. The first-order valence-electron chi connectivity index (χ1n) is 5.35. The molecule has 0 aliphatic carbocycles. The van der Waals surface area contributed by atoms with Crippen molar-refractivity contribution in [2.45, 2.75) is 26.3 Å². The lowest BCUT2D eigenvalue weighted by atomic mass is 10.0. The zero-order valence-corrected chi connectivity index (χ0v) is 10.0. The first-order valence-corrected chi connectivity index (χ1v) is 5.35.